The fourth-order valence-corrected chi connectivity index (χ4v) is 4.00. The monoisotopic (exact) mass is 663 g/mol. The molecular formula is C34H34BrNO8. The van der Waals surface area contributed by atoms with E-state index in [1.165, 1.54) is 0 Å². The van der Waals surface area contributed by atoms with Gasteiger partial charge in [-0.05, 0) is 114 Å². The fraction of sp³-hybridized carbons (Fsp3) is 0.235. The first-order chi connectivity index (χ1) is 21.4. The summed E-state index contributed by atoms with van der Waals surface area (Å²) >= 11 is 3.46. The second-order valence-electron chi connectivity index (χ2n) is 9.21. The molecule has 0 aliphatic rings. The molecule has 0 aliphatic heterocycles. The van der Waals surface area contributed by atoms with Crippen molar-refractivity contribution in [1.82, 2.24) is 0 Å². The molecular weight excluding hydrogens is 630 g/mol. The van der Waals surface area contributed by atoms with Crippen LogP contribution in [0.5, 0.6) is 17.2 Å². The van der Waals surface area contributed by atoms with Crippen LogP contribution in [0.15, 0.2) is 102 Å². The van der Waals surface area contributed by atoms with Crippen LogP contribution in [0.1, 0.15) is 41.6 Å². The van der Waals surface area contributed by atoms with Gasteiger partial charge in [-0.15, -0.1) is 0 Å². The summed E-state index contributed by atoms with van der Waals surface area (Å²) in [6.07, 6.45) is 6.86. The van der Waals surface area contributed by atoms with E-state index in [-0.39, 0.29) is 0 Å². The van der Waals surface area contributed by atoms with Crippen molar-refractivity contribution in [2.75, 3.05) is 26.4 Å². The van der Waals surface area contributed by atoms with Crippen LogP contribution in [0.3, 0.4) is 0 Å². The summed E-state index contributed by atoms with van der Waals surface area (Å²) < 4.78 is 27.4. The minimum atomic E-state index is -0.504. The normalized spacial score (nSPS) is 10.6. The maximum absolute atomic E-state index is 12.7. The van der Waals surface area contributed by atoms with Gasteiger partial charge in [-0.3, -0.25) is 4.99 Å². The van der Waals surface area contributed by atoms with Crippen LogP contribution in [0.2, 0.25) is 0 Å². The predicted molar refractivity (Wildman–Crippen MR) is 171 cm³/mol. The number of rotatable bonds is 18. The minimum Gasteiger partial charge on any atom is -0.494 e. The van der Waals surface area contributed by atoms with Crippen molar-refractivity contribution in [2.45, 2.75) is 25.7 Å². The fourth-order valence-electron chi connectivity index (χ4n) is 3.55. The van der Waals surface area contributed by atoms with Gasteiger partial charge in [-0.2, -0.15) is 0 Å². The molecule has 3 rings (SSSR count). The summed E-state index contributed by atoms with van der Waals surface area (Å²) in [6, 6.07) is 19.4. The van der Waals surface area contributed by atoms with Gasteiger partial charge >= 0.3 is 17.9 Å². The summed E-state index contributed by atoms with van der Waals surface area (Å²) in [7, 11) is 0. The third-order valence-corrected chi connectivity index (χ3v) is 6.51. The number of benzene rings is 3. The molecule has 230 valence electrons. The molecule has 0 radical (unpaired) electrons. The van der Waals surface area contributed by atoms with E-state index < -0.39 is 17.9 Å². The molecule has 0 unspecified atom stereocenters. The number of carbonyl (C=O) groups excluding carboxylic acids is 3. The highest BCUT2D eigenvalue weighted by atomic mass is 79.9. The number of hydrogen-bond donors (Lipinski definition) is 0. The second-order valence-corrected chi connectivity index (χ2v) is 10.1. The Morgan fingerprint density at radius 2 is 1.23 bits per heavy atom. The Kier molecular flexibility index (Phi) is 14.4. The lowest BCUT2D eigenvalue weighted by molar-refractivity contribution is -0.138. The quantitative estimate of drug-likeness (QED) is 0.0462. The molecule has 0 bridgehead atoms. The van der Waals surface area contributed by atoms with Crippen molar-refractivity contribution in [3.05, 3.63) is 108 Å². The van der Waals surface area contributed by atoms with Gasteiger partial charge in [0.1, 0.15) is 17.2 Å². The number of nitrogens with zero attached hydrogens (tertiary/aromatic N) is 1. The summed E-state index contributed by atoms with van der Waals surface area (Å²) in [5, 5.41) is 0. The van der Waals surface area contributed by atoms with E-state index in [1.807, 2.05) is 24.3 Å². The van der Waals surface area contributed by atoms with Crippen molar-refractivity contribution < 1.29 is 38.1 Å². The van der Waals surface area contributed by atoms with E-state index in [0.29, 0.717) is 72.9 Å². The number of ether oxygens (including phenoxy) is 5. The van der Waals surface area contributed by atoms with Crippen LogP contribution in [0.4, 0.5) is 5.69 Å². The largest absolute Gasteiger partial charge is 0.494 e. The predicted octanol–water partition coefficient (Wildman–Crippen LogP) is 7.20. The topological polar surface area (TPSA) is 110 Å². The van der Waals surface area contributed by atoms with Gasteiger partial charge in [0.25, 0.3) is 0 Å². The maximum Gasteiger partial charge on any atom is 0.343 e. The van der Waals surface area contributed by atoms with E-state index in [2.05, 4.69) is 34.1 Å². The molecule has 10 heteroatoms. The zero-order valence-electron chi connectivity index (χ0n) is 24.2. The molecule has 0 heterocycles. The van der Waals surface area contributed by atoms with Crippen LogP contribution in [0, 0.1) is 0 Å². The molecule has 0 spiro atoms. The molecule has 44 heavy (non-hydrogen) atoms. The van der Waals surface area contributed by atoms with Gasteiger partial charge in [-0.25, -0.2) is 14.4 Å². The molecule has 0 fully saturated rings. The summed E-state index contributed by atoms with van der Waals surface area (Å²) in [6.45, 7) is 8.33. The molecule has 3 aromatic rings. The van der Waals surface area contributed by atoms with E-state index in [1.54, 1.807) is 48.7 Å². The minimum absolute atomic E-state index is 0.313. The number of aliphatic imine (C=N–C) groups is 1. The van der Waals surface area contributed by atoms with E-state index >= 15 is 0 Å². The molecule has 0 amide bonds. The van der Waals surface area contributed by atoms with Gasteiger partial charge in [0.05, 0.1) is 42.2 Å². The van der Waals surface area contributed by atoms with Crippen molar-refractivity contribution in [3.8, 4) is 17.2 Å². The van der Waals surface area contributed by atoms with Gasteiger partial charge < -0.3 is 23.7 Å². The van der Waals surface area contributed by atoms with Gasteiger partial charge in [0.15, 0.2) is 0 Å². The molecule has 0 aromatic heterocycles. The van der Waals surface area contributed by atoms with Gasteiger partial charge in [-0.1, -0.05) is 13.2 Å². The number of carbonyl (C=O) groups is 3. The van der Waals surface area contributed by atoms with Gasteiger partial charge in [0.2, 0.25) is 0 Å². The molecule has 0 saturated carbocycles. The van der Waals surface area contributed by atoms with Crippen molar-refractivity contribution in [2.24, 2.45) is 4.99 Å². The third kappa shape index (κ3) is 12.3. The van der Waals surface area contributed by atoms with E-state index in [0.717, 1.165) is 29.9 Å². The van der Waals surface area contributed by atoms with Crippen molar-refractivity contribution in [1.29, 1.82) is 0 Å². The molecule has 0 atom stereocenters. The number of hydrogen-bond acceptors (Lipinski definition) is 9. The Balaban J connectivity index is 1.41. The lowest BCUT2D eigenvalue weighted by atomic mass is 10.2. The highest BCUT2D eigenvalue weighted by Crippen LogP contribution is 2.30. The van der Waals surface area contributed by atoms with Crippen LogP contribution in [-0.2, 0) is 19.1 Å². The zero-order valence-corrected chi connectivity index (χ0v) is 25.8. The molecule has 0 saturated heterocycles. The van der Waals surface area contributed by atoms with E-state index in [9.17, 15) is 14.4 Å². The average Bonchev–Trinajstić information content (AvgIpc) is 3.04. The summed E-state index contributed by atoms with van der Waals surface area (Å²) in [5.74, 6) is 0.364. The first kappa shape index (κ1) is 33.8. The number of esters is 3. The second kappa shape index (κ2) is 18.8. The Morgan fingerprint density at radius 1 is 0.705 bits per heavy atom. The lowest BCUT2D eigenvalue weighted by Crippen LogP contribution is -2.09. The molecule has 3 aromatic carbocycles. The third-order valence-electron chi connectivity index (χ3n) is 5.89. The average molecular weight is 665 g/mol. The number of unbranched alkanes of at least 4 members (excludes halogenated alkanes) is 2. The Labute approximate surface area is 265 Å². The van der Waals surface area contributed by atoms with Gasteiger partial charge in [0, 0.05) is 18.4 Å². The molecule has 0 aliphatic carbocycles. The first-order valence-electron chi connectivity index (χ1n) is 14.0. The van der Waals surface area contributed by atoms with E-state index in [4.69, 9.17) is 23.7 Å². The first-order valence-corrected chi connectivity index (χ1v) is 14.8. The summed E-state index contributed by atoms with van der Waals surface area (Å²) in [5.41, 5.74) is 1.94. The SMILES string of the molecule is C=CC(=O)OCCCCOc1ccc(C=Nc2ccc(OC(=O)c3ccc(OCCCCOC(=O)C=C)cc3)c(Br)c2)cc1. The Hall–Kier alpha value is -4.70. The highest BCUT2D eigenvalue weighted by Gasteiger charge is 2.12. The zero-order chi connectivity index (χ0) is 31.6. The maximum atomic E-state index is 12.7. The van der Waals surface area contributed by atoms with Crippen molar-refractivity contribution >= 4 is 45.7 Å². The van der Waals surface area contributed by atoms with Crippen LogP contribution < -0.4 is 14.2 Å². The highest BCUT2D eigenvalue weighted by molar-refractivity contribution is 9.10. The molecule has 9 nitrogen and oxygen atoms in total. The smallest absolute Gasteiger partial charge is 0.343 e. The standard InChI is InChI=1S/C34H34BrNO8/c1-3-32(37)42-21-7-5-19-40-28-14-9-25(10-15-28)24-36-27-13-18-31(30(35)23-27)44-34(39)26-11-16-29(17-12-26)41-20-6-8-22-43-33(38)4-2/h3-4,9-18,23-24H,1-2,5-8,19-22H2. The molecule has 0 N–H and O–H groups in total. The van der Waals surface area contributed by atoms with Crippen LogP contribution >= 0.6 is 15.9 Å². The lowest BCUT2D eigenvalue weighted by Gasteiger charge is -2.09. The van der Waals surface area contributed by atoms with Crippen LogP contribution in [-0.4, -0.2) is 50.6 Å². The van der Waals surface area contributed by atoms with Crippen molar-refractivity contribution in [3.63, 3.8) is 0 Å². The number of halogens is 1. The summed E-state index contributed by atoms with van der Waals surface area (Å²) in [4.78, 5) is 39.2. The Morgan fingerprint density at radius 3 is 1.75 bits per heavy atom. The van der Waals surface area contributed by atoms with Crippen LogP contribution in [0.25, 0.3) is 0 Å². The Bertz CT molecular complexity index is 1430.